The normalized spacial score (nSPS) is 23.1. The van der Waals surface area contributed by atoms with Crippen molar-refractivity contribution in [3.63, 3.8) is 0 Å². The van der Waals surface area contributed by atoms with Gasteiger partial charge in [-0.2, -0.15) is 15.2 Å². The molecule has 214 valence electrons. The van der Waals surface area contributed by atoms with Crippen LogP contribution in [0.5, 0.6) is 6.01 Å². The molecular formula is C30H39Cl2N7O. The number of nitriles is 1. The van der Waals surface area contributed by atoms with Crippen LogP contribution >= 0.6 is 23.2 Å². The summed E-state index contributed by atoms with van der Waals surface area (Å²) in [7, 11) is 4.31. The minimum absolute atomic E-state index is 0.108. The Balaban J connectivity index is 1.42. The fraction of sp³-hybridized carbons (Fsp3) is 0.567. The second-order valence-electron chi connectivity index (χ2n) is 11.3. The predicted octanol–water partition coefficient (Wildman–Crippen LogP) is 5.39. The molecule has 8 nitrogen and oxygen atoms in total. The fourth-order valence-corrected chi connectivity index (χ4v) is 6.67. The number of hydrogen-bond acceptors (Lipinski definition) is 8. The smallest absolute Gasteiger partial charge is 0.318 e. The summed E-state index contributed by atoms with van der Waals surface area (Å²) in [6.07, 6.45) is 8.88. The molecule has 2 fully saturated rings. The van der Waals surface area contributed by atoms with Crippen molar-refractivity contribution in [2.24, 2.45) is 5.92 Å². The molecule has 0 unspecified atom stereocenters. The summed E-state index contributed by atoms with van der Waals surface area (Å²) in [5.41, 5.74) is 3.04. The van der Waals surface area contributed by atoms with Gasteiger partial charge in [0.25, 0.3) is 0 Å². The number of rotatable bonds is 8. The number of hydrogen-bond donors (Lipinski definition) is 0. The lowest BCUT2D eigenvalue weighted by atomic mass is 10.0. The number of benzene rings is 1. The van der Waals surface area contributed by atoms with E-state index in [1.807, 2.05) is 31.2 Å². The molecule has 1 aliphatic carbocycles. The number of halogens is 2. The number of allylic oxidation sites excluding steroid dienone is 1. The average Bonchev–Trinajstić information content (AvgIpc) is 3.43. The molecule has 1 saturated carbocycles. The number of piperazine rings is 1. The van der Waals surface area contributed by atoms with Crippen molar-refractivity contribution in [1.29, 1.82) is 5.26 Å². The Hall–Kier alpha value is -2.73. The number of nitrogens with zero attached hydrogens (tertiary/aromatic N) is 7. The van der Waals surface area contributed by atoms with Crippen molar-refractivity contribution >= 4 is 34.7 Å². The molecule has 0 spiro atoms. The van der Waals surface area contributed by atoms with Gasteiger partial charge in [0.15, 0.2) is 0 Å². The first-order chi connectivity index (χ1) is 19.4. The molecule has 0 amide bonds. The van der Waals surface area contributed by atoms with Crippen molar-refractivity contribution in [2.45, 2.75) is 57.7 Å². The molecule has 1 aromatic heterocycles. The maximum atomic E-state index is 9.51. The monoisotopic (exact) mass is 583 g/mol. The molecule has 0 bridgehead atoms. The highest BCUT2D eigenvalue weighted by Crippen LogP contribution is 2.37. The summed E-state index contributed by atoms with van der Waals surface area (Å²) in [5.74, 6) is 1.44. The van der Waals surface area contributed by atoms with E-state index in [-0.39, 0.29) is 6.04 Å². The van der Waals surface area contributed by atoms with Gasteiger partial charge in [-0.1, -0.05) is 35.3 Å². The second kappa shape index (κ2) is 12.8. The third kappa shape index (κ3) is 6.27. The molecule has 3 atom stereocenters. The Morgan fingerprint density at radius 1 is 1.15 bits per heavy atom. The van der Waals surface area contributed by atoms with E-state index in [0.29, 0.717) is 47.6 Å². The van der Waals surface area contributed by atoms with E-state index >= 15 is 0 Å². The quantitative estimate of drug-likeness (QED) is 0.409. The Kier molecular flexibility index (Phi) is 9.24. The zero-order chi connectivity index (χ0) is 28.2. The maximum absolute atomic E-state index is 9.51. The number of fused-ring (bicyclic) bond motifs is 1. The minimum Gasteiger partial charge on any atom is -0.463 e. The van der Waals surface area contributed by atoms with Crippen molar-refractivity contribution in [2.75, 3.05) is 56.7 Å². The van der Waals surface area contributed by atoms with Gasteiger partial charge < -0.3 is 24.3 Å². The highest BCUT2D eigenvalue weighted by molar-refractivity contribution is 6.43. The van der Waals surface area contributed by atoms with Crippen molar-refractivity contribution < 1.29 is 4.74 Å². The van der Waals surface area contributed by atoms with Crippen molar-refractivity contribution in [3.05, 3.63) is 51.8 Å². The Morgan fingerprint density at radius 3 is 2.75 bits per heavy atom. The molecule has 40 heavy (non-hydrogen) atoms. The lowest BCUT2D eigenvalue weighted by Crippen LogP contribution is -2.51. The first kappa shape index (κ1) is 28.8. The van der Waals surface area contributed by atoms with E-state index in [1.165, 1.54) is 6.42 Å². The lowest BCUT2D eigenvalue weighted by Gasteiger charge is -2.42. The molecule has 3 heterocycles. The third-order valence-corrected chi connectivity index (χ3v) is 9.29. The first-order valence-electron chi connectivity index (χ1n) is 14.3. The minimum atomic E-state index is 0.108. The lowest BCUT2D eigenvalue weighted by molar-refractivity contribution is 0.219. The predicted molar refractivity (Wildman–Crippen MR) is 161 cm³/mol. The standard InChI is InChI=1S/C30H39Cl2N7O/c1-4-13-37-15-16-39(18-23(37)10-12-33)29-24-11-14-38(27-7-5-6-25(31)28(27)32)19-26(24)34-30(35-29)40-20-21-8-9-22(17-21)36(2)3/h4-7,13,21-23H,8-11,14-20H2,1-3H3/t21-,22-,23+/m1/s1. The summed E-state index contributed by atoms with van der Waals surface area (Å²) in [4.78, 5) is 19.1. The molecule has 0 radical (unpaired) electrons. The van der Waals surface area contributed by atoms with Crippen LogP contribution in [-0.2, 0) is 13.0 Å². The van der Waals surface area contributed by atoms with Crippen LogP contribution in [0.15, 0.2) is 30.5 Å². The Morgan fingerprint density at radius 2 is 2.00 bits per heavy atom. The van der Waals surface area contributed by atoms with Gasteiger partial charge in [0.1, 0.15) is 5.82 Å². The molecule has 3 aliphatic rings. The van der Waals surface area contributed by atoms with Crippen LogP contribution < -0.4 is 14.5 Å². The summed E-state index contributed by atoms with van der Waals surface area (Å²) < 4.78 is 6.33. The van der Waals surface area contributed by atoms with Gasteiger partial charge in [-0.25, -0.2) is 0 Å². The zero-order valence-corrected chi connectivity index (χ0v) is 25.2. The highest BCUT2D eigenvalue weighted by atomic mass is 35.5. The molecule has 5 rings (SSSR count). The van der Waals surface area contributed by atoms with Crippen LogP contribution in [0.1, 0.15) is 43.9 Å². The van der Waals surface area contributed by atoms with E-state index in [1.54, 1.807) is 0 Å². The van der Waals surface area contributed by atoms with Gasteiger partial charge in [-0.05, 0) is 71.0 Å². The van der Waals surface area contributed by atoms with Gasteiger partial charge in [0, 0.05) is 37.8 Å². The van der Waals surface area contributed by atoms with E-state index in [2.05, 4.69) is 46.0 Å². The molecule has 2 aromatic rings. The molecule has 1 saturated heterocycles. The van der Waals surface area contributed by atoms with Crippen LogP contribution in [0.2, 0.25) is 10.0 Å². The van der Waals surface area contributed by atoms with Crippen LogP contribution in [0.3, 0.4) is 0 Å². The largest absolute Gasteiger partial charge is 0.463 e. The van der Waals surface area contributed by atoms with Crippen LogP contribution in [0, 0.1) is 17.2 Å². The third-order valence-electron chi connectivity index (χ3n) is 8.48. The van der Waals surface area contributed by atoms with E-state index in [4.69, 9.17) is 37.9 Å². The van der Waals surface area contributed by atoms with E-state index in [9.17, 15) is 5.26 Å². The van der Waals surface area contributed by atoms with Gasteiger partial charge >= 0.3 is 6.01 Å². The fourth-order valence-electron chi connectivity index (χ4n) is 6.25. The summed E-state index contributed by atoms with van der Waals surface area (Å²) >= 11 is 12.9. The van der Waals surface area contributed by atoms with Crippen LogP contribution in [-0.4, -0.2) is 78.7 Å². The molecule has 0 N–H and O–H groups in total. The number of ether oxygens (including phenoxy) is 1. The first-order valence-corrected chi connectivity index (χ1v) is 15.0. The van der Waals surface area contributed by atoms with Gasteiger partial charge in [-0.15, -0.1) is 0 Å². The SMILES string of the molecule is CC=CN1CCN(c2nc(OC[C@@H]3CC[C@@H](N(C)C)C3)nc3c2CCN(c2cccc(Cl)c2Cl)C3)C[C@@H]1CC#N. The zero-order valence-electron chi connectivity index (χ0n) is 23.7. The topological polar surface area (TPSA) is 71.8 Å². The van der Waals surface area contributed by atoms with Crippen molar-refractivity contribution in [3.8, 4) is 12.1 Å². The van der Waals surface area contributed by atoms with Crippen molar-refractivity contribution in [1.82, 2.24) is 19.8 Å². The summed E-state index contributed by atoms with van der Waals surface area (Å²) in [6, 6.07) is 9.28. The summed E-state index contributed by atoms with van der Waals surface area (Å²) in [5, 5.41) is 10.6. The number of anilines is 2. The van der Waals surface area contributed by atoms with E-state index < -0.39 is 0 Å². The highest BCUT2D eigenvalue weighted by Gasteiger charge is 2.32. The van der Waals surface area contributed by atoms with Gasteiger partial charge in [-0.3, -0.25) is 0 Å². The second-order valence-corrected chi connectivity index (χ2v) is 12.1. The van der Waals surface area contributed by atoms with Gasteiger partial charge in [0.05, 0.1) is 53.1 Å². The molecule has 1 aromatic carbocycles. The summed E-state index contributed by atoms with van der Waals surface area (Å²) in [6.45, 7) is 6.43. The average molecular weight is 585 g/mol. The van der Waals surface area contributed by atoms with Crippen LogP contribution in [0.25, 0.3) is 0 Å². The molecule has 2 aliphatic heterocycles. The molecule has 10 heteroatoms. The van der Waals surface area contributed by atoms with Crippen LogP contribution in [0.4, 0.5) is 11.5 Å². The number of aromatic nitrogens is 2. The Labute approximate surface area is 248 Å². The van der Waals surface area contributed by atoms with Gasteiger partial charge in [0.2, 0.25) is 0 Å². The van der Waals surface area contributed by atoms with E-state index in [0.717, 1.165) is 68.2 Å². The molecular weight excluding hydrogens is 545 g/mol. The maximum Gasteiger partial charge on any atom is 0.318 e. The Bertz CT molecular complexity index is 1260.